The van der Waals surface area contributed by atoms with E-state index in [0.717, 1.165) is 30.8 Å². The second kappa shape index (κ2) is 19.2. The highest BCUT2D eigenvalue weighted by atomic mass is 16.5. The molecular formula is C43H54O. The topological polar surface area (TPSA) is 9.23 Å². The SMILES string of the molecule is CC.CC.CC.CCc1cc(CC)cc(CC)c1.c1ccc(C2(c3ccccc3)c3ccccc3Oc3ccccc32)cc1. The minimum absolute atomic E-state index is 0.395. The molecular weight excluding hydrogens is 532 g/mol. The van der Waals surface area contributed by atoms with Gasteiger partial charge < -0.3 is 4.74 Å². The summed E-state index contributed by atoms with van der Waals surface area (Å²) in [5, 5.41) is 0. The van der Waals surface area contributed by atoms with E-state index >= 15 is 0 Å². The Hall–Kier alpha value is -4.10. The standard InChI is InChI=1S/C25H18O.C12H18.3C2H6/c1-3-11-19(12-4-1)25(20-13-5-2-6-14-20)21-15-7-9-17-23(21)26-24-18-10-8-16-22(24)25;1-4-10-7-11(5-2)9-12(6-3)8-10;3*1-2/h1-18H;7-9H,4-6H2,1-3H3;3*1-2H3. The fourth-order valence-electron chi connectivity index (χ4n) is 5.61. The number of ether oxygens (including phenoxy) is 1. The van der Waals surface area contributed by atoms with Crippen LogP contribution in [0.15, 0.2) is 127 Å². The van der Waals surface area contributed by atoms with Crippen molar-refractivity contribution < 1.29 is 4.74 Å². The zero-order valence-corrected chi connectivity index (χ0v) is 28.7. The lowest BCUT2D eigenvalue weighted by atomic mass is 9.64. The van der Waals surface area contributed by atoms with Gasteiger partial charge in [0.2, 0.25) is 0 Å². The van der Waals surface area contributed by atoms with Gasteiger partial charge in [0.15, 0.2) is 0 Å². The fraction of sp³-hybridized carbons (Fsp3) is 0.302. The number of benzene rings is 5. The molecule has 0 fully saturated rings. The lowest BCUT2D eigenvalue weighted by Gasteiger charge is -2.41. The first-order valence-electron chi connectivity index (χ1n) is 16.8. The Kier molecular flexibility index (Phi) is 15.8. The molecule has 0 saturated carbocycles. The molecule has 0 saturated heterocycles. The van der Waals surface area contributed by atoms with E-state index in [1.165, 1.54) is 38.9 Å². The molecule has 1 nitrogen and oxygen atoms in total. The van der Waals surface area contributed by atoms with Gasteiger partial charge in [-0.2, -0.15) is 0 Å². The fourth-order valence-corrected chi connectivity index (χ4v) is 5.61. The van der Waals surface area contributed by atoms with Crippen LogP contribution in [0.1, 0.15) is 101 Å². The van der Waals surface area contributed by atoms with Gasteiger partial charge in [0.25, 0.3) is 0 Å². The van der Waals surface area contributed by atoms with Gasteiger partial charge in [-0.25, -0.2) is 0 Å². The van der Waals surface area contributed by atoms with Crippen LogP contribution in [-0.2, 0) is 24.7 Å². The molecule has 1 aliphatic rings. The summed E-state index contributed by atoms with van der Waals surface area (Å²) in [6.45, 7) is 18.6. The summed E-state index contributed by atoms with van der Waals surface area (Å²) in [5.74, 6) is 1.83. The Labute approximate surface area is 269 Å². The summed E-state index contributed by atoms with van der Waals surface area (Å²) in [7, 11) is 0. The molecule has 1 aliphatic heterocycles. The van der Waals surface area contributed by atoms with Gasteiger partial charge in [-0.15, -0.1) is 0 Å². The summed E-state index contributed by atoms with van der Waals surface area (Å²) in [4.78, 5) is 0. The quantitative estimate of drug-likeness (QED) is 0.195. The maximum atomic E-state index is 6.28. The Bertz CT molecular complexity index is 1340. The molecule has 0 unspecified atom stereocenters. The Morgan fingerprint density at radius 3 is 1.02 bits per heavy atom. The highest BCUT2D eigenvalue weighted by Gasteiger charge is 2.44. The molecule has 0 aromatic heterocycles. The van der Waals surface area contributed by atoms with Crippen molar-refractivity contribution in [2.75, 3.05) is 0 Å². The van der Waals surface area contributed by atoms with E-state index in [4.69, 9.17) is 4.74 Å². The summed E-state index contributed by atoms with van der Waals surface area (Å²) >= 11 is 0. The maximum Gasteiger partial charge on any atom is 0.132 e. The first-order valence-corrected chi connectivity index (χ1v) is 16.8. The number of para-hydroxylation sites is 2. The van der Waals surface area contributed by atoms with Gasteiger partial charge in [0, 0.05) is 11.1 Å². The van der Waals surface area contributed by atoms with Crippen LogP contribution in [0.4, 0.5) is 0 Å². The van der Waals surface area contributed by atoms with Crippen LogP contribution in [0.5, 0.6) is 11.5 Å². The second-order valence-corrected chi connectivity index (χ2v) is 9.79. The average Bonchev–Trinajstić information content (AvgIpc) is 3.13. The first-order chi connectivity index (χ1) is 21.7. The number of hydrogen-bond donors (Lipinski definition) is 0. The molecule has 0 N–H and O–H groups in total. The van der Waals surface area contributed by atoms with Crippen LogP contribution in [-0.4, -0.2) is 0 Å². The van der Waals surface area contributed by atoms with E-state index < -0.39 is 5.41 Å². The monoisotopic (exact) mass is 586 g/mol. The van der Waals surface area contributed by atoms with E-state index in [0.29, 0.717) is 0 Å². The average molecular weight is 587 g/mol. The summed E-state index contributed by atoms with van der Waals surface area (Å²) in [5.41, 5.74) is 8.88. The molecule has 0 amide bonds. The molecule has 1 heteroatoms. The van der Waals surface area contributed by atoms with Gasteiger partial charge in [-0.1, -0.05) is 178 Å². The summed E-state index contributed by atoms with van der Waals surface area (Å²) in [6, 6.07) is 45.2. The van der Waals surface area contributed by atoms with Crippen LogP contribution >= 0.6 is 0 Å². The largest absolute Gasteiger partial charge is 0.457 e. The molecule has 0 bridgehead atoms. The molecule has 0 aliphatic carbocycles. The third-order valence-corrected chi connectivity index (χ3v) is 7.55. The third-order valence-electron chi connectivity index (χ3n) is 7.55. The smallest absolute Gasteiger partial charge is 0.132 e. The lowest BCUT2D eigenvalue weighted by molar-refractivity contribution is 0.434. The van der Waals surface area contributed by atoms with Crippen molar-refractivity contribution in [1.29, 1.82) is 0 Å². The number of fused-ring (bicyclic) bond motifs is 2. The van der Waals surface area contributed by atoms with Crippen molar-refractivity contribution in [2.24, 2.45) is 0 Å². The van der Waals surface area contributed by atoms with E-state index in [9.17, 15) is 0 Å². The van der Waals surface area contributed by atoms with Crippen LogP contribution < -0.4 is 4.74 Å². The highest BCUT2D eigenvalue weighted by Crippen LogP contribution is 2.54. The van der Waals surface area contributed by atoms with Crippen molar-refractivity contribution in [3.8, 4) is 11.5 Å². The minimum Gasteiger partial charge on any atom is -0.457 e. The molecule has 0 radical (unpaired) electrons. The van der Waals surface area contributed by atoms with Crippen molar-refractivity contribution in [1.82, 2.24) is 0 Å². The Morgan fingerprint density at radius 1 is 0.409 bits per heavy atom. The van der Waals surface area contributed by atoms with E-state index in [1.54, 1.807) is 0 Å². The van der Waals surface area contributed by atoms with Crippen LogP contribution in [0.2, 0.25) is 0 Å². The van der Waals surface area contributed by atoms with Crippen molar-refractivity contribution in [3.05, 3.63) is 166 Å². The normalized spacial score (nSPS) is 11.5. The third kappa shape index (κ3) is 8.08. The Balaban J connectivity index is 0.000000317. The number of rotatable bonds is 5. The summed E-state index contributed by atoms with van der Waals surface area (Å²) < 4.78 is 6.28. The van der Waals surface area contributed by atoms with Gasteiger partial charge in [-0.3, -0.25) is 0 Å². The van der Waals surface area contributed by atoms with Gasteiger partial charge in [0.1, 0.15) is 11.5 Å². The molecule has 5 aromatic carbocycles. The predicted molar refractivity (Wildman–Crippen MR) is 193 cm³/mol. The molecule has 6 rings (SSSR count). The zero-order valence-electron chi connectivity index (χ0n) is 28.7. The molecule has 0 atom stereocenters. The van der Waals surface area contributed by atoms with Crippen molar-refractivity contribution in [2.45, 2.75) is 87.0 Å². The molecule has 44 heavy (non-hydrogen) atoms. The Morgan fingerprint density at radius 2 is 0.705 bits per heavy atom. The maximum absolute atomic E-state index is 6.28. The van der Waals surface area contributed by atoms with Gasteiger partial charge in [0.05, 0.1) is 5.41 Å². The summed E-state index contributed by atoms with van der Waals surface area (Å²) in [6.07, 6.45) is 3.46. The number of hydrogen-bond acceptors (Lipinski definition) is 1. The van der Waals surface area contributed by atoms with Crippen molar-refractivity contribution >= 4 is 0 Å². The van der Waals surface area contributed by atoms with E-state index in [1.807, 2.05) is 53.7 Å². The van der Waals surface area contributed by atoms with Crippen LogP contribution in [0.25, 0.3) is 0 Å². The first kappa shape index (κ1) is 36.1. The van der Waals surface area contributed by atoms with Gasteiger partial charge >= 0.3 is 0 Å². The molecule has 232 valence electrons. The highest BCUT2D eigenvalue weighted by molar-refractivity contribution is 5.68. The number of aryl methyl sites for hydroxylation is 3. The minimum atomic E-state index is -0.395. The van der Waals surface area contributed by atoms with Crippen LogP contribution in [0.3, 0.4) is 0 Å². The van der Waals surface area contributed by atoms with E-state index in [2.05, 4.69) is 136 Å². The predicted octanol–water partition coefficient (Wildman–Crippen LogP) is 12.6. The van der Waals surface area contributed by atoms with Gasteiger partial charge in [-0.05, 0) is 59.2 Å². The van der Waals surface area contributed by atoms with Crippen LogP contribution in [0, 0.1) is 0 Å². The molecule has 5 aromatic rings. The molecule has 0 spiro atoms. The zero-order chi connectivity index (χ0) is 32.4. The van der Waals surface area contributed by atoms with E-state index in [-0.39, 0.29) is 0 Å². The lowest BCUT2D eigenvalue weighted by Crippen LogP contribution is -2.34. The second-order valence-electron chi connectivity index (χ2n) is 9.79. The van der Waals surface area contributed by atoms with Crippen molar-refractivity contribution in [3.63, 3.8) is 0 Å². The molecule has 1 heterocycles.